The third kappa shape index (κ3) is 4.15. The summed E-state index contributed by atoms with van der Waals surface area (Å²) < 4.78 is 37.8. The summed E-state index contributed by atoms with van der Waals surface area (Å²) in [4.78, 5) is 12.2. The summed E-state index contributed by atoms with van der Waals surface area (Å²) >= 11 is 0. The number of hydrogen-bond acceptors (Lipinski definition) is 2. The van der Waals surface area contributed by atoms with Crippen molar-refractivity contribution in [3.8, 4) is 0 Å². The molecule has 0 saturated heterocycles. The molecule has 1 aromatic rings. The predicted octanol–water partition coefficient (Wildman–Crippen LogP) is 3.47. The Morgan fingerprint density at radius 1 is 1.37 bits per heavy atom. The molecule has 3 nitrogen and oxygen atoms in total. The van der Waals surface area contributed by atoms with Gasteiger partial charge in [-0.25, -0.2) is 4.79 Å². The van der Waals surface area contributed by atoms with Crippen LogP contribution in [-0.4, -0.2) is 30.3 Å². The van der Waals surface area contributed by atoms with E-state index in [9.17, 15) is 18.0 Å². The van der Waals surface area contributed by atoms with E-state index < -0.39 is 18.7 Å². The van der Waals surface area contributed by atoms with Crippen molar-refractivity contribution >= 4 is 11.7 Å². The number of hydrogen-bond donors (Lipinski definition) is 1. The molecular weight excluding hydrogens is 259 g/mol. The Bertz CT molecular complexity index is 458. The summed E-state index contributed by atoms with van der Waals surface area (Å²) in [5.41, 5.74) is 0.574. The summed E-state index contributed by atoms with van der Waals surface area (Å²) in [5, 5.41) is 9.10. The normalized spacial score (nSPS) is 11.4. The number of rotatable bonds is 5. The van der Waals surface area contributed by atoms with Crippen LogP contribution in [0.5, 0.6) is 0 Å². The number of benzene rings is 1. The molecule has 0 radical (unpaired) electrons. The molecule has 0 aliphatic heterocycles. The minimum absolute atomic E-state index is 0.0994. The van der Waals surface area contributed by atoms with Gasteiger partial charge >= 0.3 is 12.1 Å². The molecule has 0 atom stereocenters. The molecule has 0 aromatic heterocycles. The number of aromatic carboxylic acids is 1. The van der Waals surface area contributed by atoms with E-state index in [2.05, 4.69) is 0 Å². The predicted molar refractivity (Wildman–Crippen MR) is 66.7 cm³/mol. The maximum absolute atomic E-state index is 12.6. The van der Waals surface area contributed by atoms with Crippen molar-refractivity contribution in [3.63, 3.8) is 0 Å². The van der Waals surface area contributed by atoms with Gasteiger partial charge in [0.1, 0.15) is 6.54 Å². The molecule has 0 bridgehead atoms. The summed E-state index contributed by atoms with van der Waals surface area (Å²) in [7, 11) is 0. The van der Waals surface area contributed by atoms with Crippen LogP contribution in [0, 0.1) is 6.92 Å². The van der Waals surface area contributed by atoms with Crippen molar-refractivity contribution in [2.24, 2.45) is 0 Å². The number of anilines is 1. The van der Waals surface area contributed by atoms with Crippen LogP contribution in [0.25, 0.3) is 0 Å². The largest absolute Gasteiger partial charge is 0.478 e. The van der Waals surface area contributed by atoms with E-state index in [1.807, 2.05) is 0 Å². The molecule has 6 heteroatoms. The Labute approximate surface area is 109 Å². The molecule has 1 N–H and O–H groups in total. The average Bonchev–Trinajstić information content (AvgIpc) is 2.26. The lowest BCUT2D eigenvalue weighted by atomic mass is 10.1. The van der Waals surface area contributed by atoms with Gasteiger partial charge < -0.3 is 10.0 Å². The van der Waals surface area contributed by atoms with Gasteiger partial charge in [0.25, 0.3) is 0 Å². The van der Waals surface area contributed by atoms with E-state index >= 15 is 0 Å². The first kappa shape index (κ1) is 15.3. The summed E-state index contributed by atoms with van der Waals surface area (Å²) in [6.07, 6.45) is -3.86. The van der Waals surface area contributed by atoms with Gasteiger partial charge in [0, 0.05) is 6.54 Å². The van der Waals surface area contributed by atoms with Gasteiger partial charge in [-0.05, 0) is 25.0 Å². The van der Waals surface area contributed by atoms with E-state index in [-0.39, 0.29) is 17.8 Å². The fourth-order valence-corrected chi connectivity index (χ4v) is 2.01. The average molecular weight is 275 g/mol. The van der Waals surface area contributed by atoms with Crippen LogP contribution in [0.1, 0.15) is 29.3 Å². The lowest BCUT2D eigenvalue weighted by Gasteiger charge is -2.28. The number of halogens is 3. The minimum atomic E-state index is -4.37. The minimum Gasteiger partial charge on any atom is -0.478 e. The summed E-state index contributed by atoms with van der Waals surface area (Å²) in [5.74, 6) is -1.22. The first-order valence-electron chi connectivity index (χ1n) is 5.91. The number of carbonyl (C=O) groups is 1. The van der Waals surface area contributed by atoms with E-state index in [1.54, 1.807) is 19.9 Å². The summed E-state index contributed by atoms with van der Waals surface area (Å²) in [6.45, 7) is 2.37. The lowest BCUT2D eigenvalue weighted by molar-refractivity contribution is -0.119. The monoisotopic (exact) mass is 275 g/mol. The second-order valence-electron chi connectivity index (χ2n) is 4.31. The van der Waals surface area contributed by atoms with Crippen LogP contribution in [0.4, 0.5) is 18.9 Å². The second kappa shape index (κ2) is 5.95. The molecule has 0 aliphatic rings. The number of nitrogens with zero attached hydrogens (tertiary/aromatic N) is 1. The second-order valence-corrected chi connectivity index (χ2v) is 4.31. The van der Waals surface area contributed by atoms with Crippen molar-refractivity contribution in [3.05, 3.63) is 29.3 Å². The van der Waals surface area contributed by atoms with Crippen molar-refractivity contribution in [1.82, 2.24) is 0 Å². The van der Waals surface area contributed by atoms with E-state index in [4.69, 9.17) is 5.11 Å². The van der Waals surface area contributed by atoms with Gasteiger partial charge in [0.05, 0.1) is 11.3 Å². The Morgan fingerprint density at radius 3 is 2.47 bits per heavy atom. The Morgan fingerprint density at radius 2 is 2.00 bits per heavy atom. The van der Waals surface area contributed by atoms with Crippen LogP contribution in [-0.2, 0) is 0 Å². The topological polar surface area (TPSA) is 40.5 Å². The maximum Gasteiger partial charge on any atom is 0.405 e. The van der Waals surface area contributed by atoms with Crippen LogP contribution in [0.2, 0.25) is 0 Å². The fourth-order valence-electron chi connectivity index (χ4n) is 2.01. The van der Waals surface area contributed by atoms with Gasteiger partial charge in [0.2, 0.25) is 0 Å². The van der Waals surface area contributed by atoms with Crippen molar-refractivity contribution in [2.45, 2.75) is 26.4 Å². The molecule has 19 heavy (non-hydrogen) atoms. The maximum atomic E-state index is 12.6. The Balaban J connectivity index is 3.25. The summed E-state index contributed by atoms with van der Waals surface area (Å²) in [6, 6.07) is 4.46. The molecule has 106 valence electrons. The zero-order valence-corrected chi connectivity index (χ0v) is 10.8. The fraction of sp³-hybridized carbons (Fsp3) is 0.462. The molecule has 1 rings (SSSR count). The van der Waals surface area contributed by atoms with Gasteiger partial charge in [-0.2, -0.15) is 13.2 Å². The SMILES string of the molecule is CCCN(CC(F)(F)F)c1c(C)cccc1C(=O)O. The van der Waals surface area contributed by atoms with Gasteiger partial charge in [-0.1, -0.05) is 19.1 Å². The third-order valence-corrected chi connectivity index (χ3v) is 2.65. The highest BCUT2D eigenvalue weighted by molar-refractivity contribution is 5.95. The number of alkyl halides is 3. The third-order valence-electron chi connectivity index (χ3n) is 2.65. The Kier molecular flexibility index (Phi) is 4.80. The molecule has 0 unspecified atom stereocenters. The van der Waals surface area contributed by atoms with E-state index in [1.165, 1.54) is 12.1 Å². The highest BCUT2D eigenvalue weighted by Gasteiger charge is 2.32. The van der Waals surface area contributed by atoms with Crippen molar-refractivity contribution < 1.29 is 23.1 Å². The molecular formula is C13H16F3NO2. The number of carboxylic acid groups (broad SMARTS) is 1. The zero-order chi connectivity index (χ0) is 14.6. The standard InChI is InChI=1S/C13H16F3NO2/c1-3-7-17(8-13(14,15)16)11-9(2)5-4-6-10(11)12(18)19/h4-6H,3,7-8H2,1-2H3,(H,18,19). The van der Waals surface area contributed by atoms with Gasteiger partial charge in [-0.3, -0.25) is 0 Å². The molecule has 0 fully saturated rings. The lowest BCUT2D eigenvalue weighted by Crippen LogP contribution is -2.36. The van der Waals surface area contributed by atoms with Crippen LogP contribution >= 0.6 is 0 Å². The highest BCUT2D eigenvalue weighted by atomic mass is 19.4. The van der Waals surface area contributed by atoms with E-state index in [0.717, 1.165) is 4.90 Å². The van der Waals surface area contributed by atoms with Gasteiger partial charge in [0.15, 0.2) is 0 Å². The molecule has 0 amide bonds. The van der Waals surface area contributed by atoms with Crippen LogP contribution < -0.4 is 4.90 Å². The van der Waals surface area contributed by atoms with Crippen molar-refractivity contribution in [2.75, 3.05) is 18.0 Å². The number of para-hydroxylation sites is 1. The van der Waals surface area contributed by atoms with Crippen LogP contribution in [0.15, 0.2) is 18.2 Å². The number of carboxylic acids is 1. The smallest absolute Gasteiger partial charge is 0.405 e. The van der Waals surface area contributed by atoms with Gasteiger partial charge in [-0.15, -0.1) is 0 Å². The van der Waals surface area contributed by atoms with Crippen molar-refractivity contribution in [1.29, 1.82) is 0 Å². The quantitative estimate of drug-likeness (QED) is 0.894. The zero-order valence-electron chi connectivity index (χ0n) is 10.8. The molecule has 0 saturated carbocycles. The number of aryl methyl sites for hydroxylation is 1. The molecule has 1 aromatic carbocycles. The van der Waals surface area contributed by atoms with Crippen LogP contribution in [0.3, 0.4) is 0 Å². The Hall–Kier alpha value is -1.72. The first-order valence-corrected chi connectivity index (χ1v) is 5.91. The molecule has 0 spiro atoms. The molecule has 0 heterocycles. The molecule has 0 aliphatic carbocycles. The highest BCUT2D eigenvalue weighted by Crippen LogP contribution is 2.29. The van der Waals surface area contributed by atoms with E-state index in [0.29, 0.717) is 12.0 Å². The first-order chi connectivity index (χ1) is 8.76.